The van der Waals surface area contributed by atoms with Gasteiger partial charge in [0.15, 0.2) is 0 Å². The molecule has 20 heavy (non-hydrogen) atoms. The van der Waals surface area contributed by atoms with Gasteiger partial charge in [-0.2, -0.15) is 15.0 Å². The Balaban J connectivity index is 1.63. The molecule has 2 heterocycles. The smallest absolute Gasteiger partial charge is 0.323 e. The average molecular weight is 278 g/mol. The molecule has 1 aromatic rings. The fraction of sp³-hybridized carbons (Fsp3) is 0.769. The molecular formula is C13H22N6O. The molecule has 1 aromatic heterocycles. The Hall–Kier alpha value is -1.63. The van der Waals surface area contributed by atoms with Crippen LogP contribution in [0.5, 0.6) is 6.01 Å². The van der Waals surface area contributed by atoms with Gasteiger partial charge in [0.1, 0.15) is 0 Å². The summed E-state index contributed by atoms with van der Waals surface area (Å²) in [6.07, 6.45) is 3.82. The molecule has 0 aromatic carbocycles. The third-order valence-electron chi connectivity index (χ3n) is 3.59. The van der Waals surface area contributed by atoms with Crippen molar-refractivity contribution in [2.24, 2.45) is 0 Å². The molecule has 3 rings (SSSR count). The minimum Gasteiger partial charge on any atom is -0.461 e. The first-order valence-electron chi connectivity index (χ1n) is 7.29. The van der Waals surface area contributed by atoms with E-state index in [0.717, 1.165) is 25.6 Å². The molecule has 7 nitrogen and oxygen atoms in total. The molecule has 0 bridgehead atoms. The van der Waals surface area contributed by atoms with Gasteiger partial charge in [-0.3, -0.25) is 4.90 Å². The maximum atomic E-state index is 5.70. The van der Waals surface area contributed by atoms with Gasteiger partial charge in [0, 0.05) is 25.2 Å². The minimum absolute atomic E-state index is 0.0153. The Morgan fingerprint density at radius 1 is 1.25 bits per heavy atom. The number of likely N-dealkylation sites (tertiary alicyclic amines) is 1. The predicted octanol–water partition coefficient (Wildman–Crippen LogP) is 0.890. The van der Waals surface area contributed by atoms with Crippen LogP contribution in [0.1, 0.15) is 33.1 Å². The number of nitrogens with two attached hydrogens (primary N) is 1. The maximum absolute atomic E-state index is 5.70. The molecule has 1 atom stereocenters. The molecule has 1 saturated carbocycles. The molecule has 2 aliphatic rings. The van der Waals surface area contributed by atoms with Gasteiger partial charge in [-0.1, -0.05) is 0 Å². The zero-order valence-corrected chi connectivity index (χ0v) is 12.0. The van der Waals surface area contributed by atoms with E-state index in [0.29, 0.717) is 12.0 Å². The first-order valence-corrected chi connectivity index (χ1v) is 7.29. The topological polar surface area (TPSA) is 89.2 Å². The number of nitrogen functional groups attached to an aromatic ring is 1. The fourth-order valence-electron chi connectivity index (χ4n) is 2.56. The molecule has 0 radical (unpaired) electrons. The van der Waals surface area contributed by atoms with Crippen LogP contribution < -0.4 is 15.8 Å². The fourth-order valence-corrected chi connectivity index (χ4v) is 2.56. The highest BCUT2D eigenvalue weighted by molar-refractivity contribution is 5.34. The number of aromatic nitrogens is 3. The average Bonchev–Trinajstić information content (AvgIpc) is 3.09. The highest BCUT2D eigenvalue weighted by atomic mass is 16.5. The van der Waals surface area contributed by atoms with Crippen LogP contribution in [0.4, 0.5) is 11.9 Å². The van der Waals surface area contributed by atoms with E-state index in [9.17, 15) is 0 Å². The molecule has 1 aliphatic carbocycles. The molecule has 2 fully saturated rings. The normalized spacial score (nSPS) is 23.2. The second kappa shape index (κ2) is 5.40. The van der Waals surface area contributed by atoms with E-state index in [1.54, 1.807) is 0 Å². The molecule has 110 valence electrons. The van der Waals surface area contributed by atoms with E-state index in [2.05, 4.69) is 25.2 Å². The third kappa shape index (κ3) is 3.27. The van der Waals surface area contributed by atoms with Gasteiger partial charge in [0.2, 0.25) is 11.9 Å². The number of hydrogen-bond acceptors (Lipinski definition) is 7. The van der Waals surface area contributed by atoms with Crippen molar-refractivity contribution >= 4 is 11.9 Å². The molecule has 1 saturated heterocycles. The van der Waals surface area contributed by atoms with Crippen molar-refractivity contribution in [1.82, 2.24) is 19.9 Å². The summed E-state index contributed by atoms with van der Waals surface area (Å²) in [4.78, 5) is 14.9. The van der Waals surface area contributed by atoms with Crippen molar-refractivity contribution < 1.29 is 4.74 Å². The lowest BCUT2D eigenvalue weighted by molar-refractivity contribution is 0.222. The van der Waals surface area contributed by atoms with Gasteiger partial charge in [-0.25, -0.2) is 0 Å². The monoisotopic (exact) mass is 278 g/mol. The maximum Gasteiger partial charge on any atom is 0.323 e. The summed E-state index contributed by atoms with van der Waals surface area (Å²) in [7, 11) is 0. The standard InChI is InChI=1S/C13H22N6O/c1-8(2)20-13-17-11(14)16-12(18-13)15-9-5-6-19(7-9)10-3-4-10/h8-10H,3-7H2,1-2H3,(H3,14,15,16,17,18). The molecule has 3 N–H and O–H groups in total. The number of hydrogen-bond donors (Lipinski definition) is 2. The molecule has 0 amide bonds. The third-order valence-corrected chi connectivity index (χ3v) is 3.59. The van der Waals surface area contributed by atoms with Gasteiger partial charge < -0.3 is 15.8 Å². The lowest BCUT2D eigenvalue weighted by Gasteiger charge is -2.16. The minimum atomic E-state index is 0.0153. The second-order valence-corrected chi connectivity index (χ2v) is 5.82. The summed E-state index contributed by atoms with van der Waals surface area (Å²) < 4.78 is 5.48. The van der Waals surface area contributed by atoms with Crippen molar-refractivity contribution in [1.29, 1.82) is 0 Å². The van der Waals surface area contributed by atoms with Crippen LogP contribution in [0.2, 0.25) is 0 Å². The zero-order valence-electron chi connectivity index (χ0n) is 12.0. The highest BCUT2D eigenvalue weighted by Crippen LogP contribution is 2.30. The van der Waals surface area contributed by atoms with Crippen molar-refractivity contribution in [3.8, 4) is 6.01 Å². The van der Waals surface area contributed by atoms with Crippen LogP contribution >= 0.6 is 0 Å². The Morgan fingerprint density at radius 3 is 2.75 bits per heavy atom. The summed E-state index contributed by atoms with van der Waals surface area (Å²) in [6, 6.07) is 1.47. The van der Waals surface area contributed by atoms with E-state index in [1.165, 1.54) is 12.8 Å². The molecular weight excluding hydrogens is 256 g/mol. The first kappa shape index (κ1) is 13.4. The van der Waals surface area contributed by atoms with E-state index >= 15 is 0 Å². The van der Waals surface area contributed by atoms with E-state index in [4.69, 9.17) is 10.5 Å². The summed E-state index contributed by atoms with van der Waals surface area (Å²) in [6.45, 7) is 6.06. The summed E-state index contributed by atoms with van der Waals surface area (Å²) >= 11 is 0. The predicted molar refractivity (Wildman–Crippen MR) is 76.6 cm³/mol. The quantitative estimate of drug-likeness (QED) is 0.826. The van der Waals surface area contributed by atoms with Crippen molar-refractivity contribution in [2.75, 3.05) is 24.1 Å². The van der Waals surface area contributed by atoms with Crippen molar-refractivity contribution in [2.45, 2.75) is 51.3 Å². The van der Waals surface area contributed by atoms with Gasteiger partial charge in [-0.15, -0.1) is 0 Å². The molecule has 1 unspecified atom stereocenters. The van der Waals surface area contributed by atoms with Gasteiger partial charge in [0.25, 0.3) is 0 Å². The van der Waals surface area contributed by atoms with Crippen molar-refractivity contribution in [3.63, 3.8) is 0 Å². The Kier molecular flexibility index (Phi) is 3.60. The van der Waals surface area contributed by atoms with Crippen LogP contribution in [0.3, 0.4) is 0 Å². The number of nitrogens with one attached hydrogen (secondary N) is 1. The van der Waals surface area contributed by atoms with Crippen LogP contribution in [0.15, 0.2) is 0 Å². The Bertz CT molecular complexity index is 476. The first-order chi connectivity index (χ1) is 9.60. The number of ether oxygens (including phenoxy) is 1. The molecule has 0 spiro atoms. The summed E-state index contributed by atoms with van der Waals surface area (Å²) in [5, 5.41) is 3.34. The van der Waals surface area contributed by atoms with Gasteiger partial charge >= 0.3 is 6.01 Å². The van der Waals surface area contributed by atoms with Gasteiger partial charge in [-0.05, 0) is 33.1 Å². The Morgan fingerprint density at radius 2 is 2.05 bits per heavy atom. The summed E-state index contributed by atoms with van der Waals surface area (Å²) in [5.41, 5.74) is 5.70. The molecule has 7 heteroatoms. The lowest BCUT2D eigenvalue weighted by atomic mass is 10.3. The van der Waals surface area contributed by atoms with E-state index in [-0.39, 0.29) is 18.1 Å². The van der Waals surface area contributed by atoms with Crippen LogP contribution in [-0.4, -0.2) is 51.1 Å². The largest absolute Gasteiger partial charge is 0.461 e. The SMILES string of the molecule is CC(C)Oc1nc(N)nc(NC2CCN(C3CC3)C2)n1. The van der Waals surface area contributed by atoms with E-state index < -0.39 is 0 Å². The van der Waals surface area contributed by atoms with Crippen molar-refractivity contribution in [3.05, 3.63) is 0 Å². The highest BCUT2D eigenvalue weighted by Gasteiger charge is 2.34. The second-order valence-electron chi connectivity index (χ2n) is 5.82. The lowest BCUT2D eigenvalue weighted by Crippen LogP contribution is -2.28. The summed E-state index contributed by atoms with van der Waals surface area (Å²) in [5.74, 6) is 0.700. The number of anilines is 2. The Labute approximate surface area is 118 Å². The molecule has 1 aliphatic heterocycles. The van der Waals surface area contributed by atoms with Crippen LogP contribution in [0.25, 0.3) is 0 Å². The van der Waals surface area contributed by atoms with E-state index in [1.807, 2.05) is 13.8 Å². The number of nitrogens with zero attached hydrogens (tertiary/aromatic N) is 4. The zero-order chi connectivity index (χ0) is 14.1. The van der Waals surface area contributed by atoms with Crippen LogP contribution in [0, 0.1) is 0 Å². The van der Waals surface area contributed by atoms with Crippen LogP contribution in [-0.2, 0) is 0 Å². The number of rotatable bonds is 5. The van der Waals surface area contributed by atoms with Gasteiger partial charge in [0.05, 0.1) is 6.10 Å².